The molecule has 4 aliphatic heterocycles. The topological polar surface area (TPSA) is 22.8 Å². The Balaban J connectivity index is 0.000000144. The van der Waals surface area contributed by atoms with Gasteiger partial charge in [0.2, 0.25) is 0 Å². The third-order valence-corrected chi connectivity index (χ3v) is 29.1. The van der Waals surface area contributed by atoms with Gasteiger partial charge in [0.05, 0.1) is 22.1 Å². The molecule has 0 saturated carbocycles. The van der Waals surface area contributed by atoms with Gasteiger partial charge < -0.3 is 28.7 Å². The van der Waals surface area contributed by atoms with Crippen LogP contribution in [0.1, 0.15) is 0 Å². The van der Waals surface area contributed by atoms with Gasteiger partial charge in [0, 0.05) is 101 Å². The molecule has 652 valence electrons. The number of hydrogen-bond acceptors (Lipinski definition) is 4. The molecule has 0 spiro atoms. The Morgan fingerprint density at radius 2 is 0.379 bits per heavy atom. The zero-order valence-electron chi connectivity index (χ0n) is 76.6. The minimum absolute atomic E-state index is 0.0562. The molecule has 0 unspecified atom stereocenters. The van der Waals surface area contributed by atoms with Gasteiger partial charge in [-0.1, -0.05) is 400 Å². The van der Waals surface area contributed by atoms with Crippen molar-refractivity contribution in [3.8, 4) is 100 Å². The fraction of sp³-hybridized carbons (Fsp3) is 0. The zero-order chi connectivity index (χ0) is 92.2. The second-order valence-electron chi connectivity index (χ2n) is 36.8. The molecule has 8 heteroatoms. The second kappa shape index (κ2) is 34.0. The molecule has 0 N–H and O–H groups in total. The van der Waals surface area contributed by atoms with Crippen molar-refractivity contribution >= 4 is 158 Å². The summed E-state index contributed by atoms with van der Waals surface area (Å²) in [5, 5.41) is 4.97. The maximum atomic E-state index is 2.56. The molecule has 0 aliphatic carbocycles. The second-order valence-corrected chi connectivity index (χ2v) is 36.8. The lowest BCUT2D eigenvalue weighted by molar-refractivity contribution is 1.17. The van der Waals surface area contributed by atoms with Crippen LogP contribution in [0.25, 0.3) is 144 Å². The average molecular weight is 1780 g/mol. The number of nitrogens with zero attached hydrogens (tertiary/aromatic N) is 6. The van der Waals surface area contributed by atoms with Crippen molar-refractivity contribution in [1.82, 2.24) is 9.13 Å². The van der Waals surface area contributed by atoms with Gasteiger partial charge in [0.25, 0.3) is 13.4 Å². The number of benzene rings is 22. The molecule has 6 heterocycles. The quantitative estimate of drug-likeness (QED) is 0.101. The molecule has 0 bridgehead atoms. The number of fused-ring (bicyclic) bond motifs is 14. The van der Waals surface area contributed by atoms with Crippen LogP contribution in [0, 0.1) is 0 Å². The largest absolute Gasteiger partial charge is 0.311 e. The zero-order valence-corrected chi connectivity index (χ0v) is 76.6. The van der Waals surface area contributed by atoms with Crippen molar-refractivity contribution < 1.29 is 0 Å². The van der Waals surface area contributed by atoms with Crippen molar-refractivity contribution in [1.29, 1.82) is 0 Å². The number of hydrogen-bond donors (Lipinski definition) is 0. The summed E-state index contributed by atoms with van der Waals surface area (Å²) in [5.41, 5.74) is 47.4. The molecule has 22 aromatic carbocycles. The molecule has 28 rings (SSSR count). The fourth-order valence-corrected chi connectivity index (χ4v) is 23.1. The minimum Gasteiger partial charge on any atom is -0.311 e. The van der Waals surface area contributed by atoms with Gasteiger partial charge in [-0.2, -0.15) is 0 Å². The highest BCUT2D eigenvalue weighted by atomic mass is 15.2. The van der Waals surface area contributed by atoms with Gasteiger partial charge in [0.15, 0.2) is 0 Å². The van der Waals surface area contributed by atoms with Gasteiger partial charge in [-0.05, 0) is 255 Å². The molecule has 0 fully saturated rings. The molecule has 0 radical (unpaired) electrons. The van der Waals surface area contributed by atoms with Crippen LogP contribution in [0.2, 0.25) is 0 Å². The van der Waals surface area contributed by atoms with Crippen LogP contribution in [-0.4, -0.2) is 22.6 Å². The highest BCUT2D eigenvalue weighted by Crippen LogP contribution is 2.54. The monoisotopic (exact) mass is 1780 g/mol. The van der Waals surface area contributed by atoms with Gasteiger partial charge in [-0.3, -0.25) is 0 Å². The minimum atomic E-state index is -0.115. The van der Waals surface area contributed by atoms with E-state index in [0.29, 0.717) is 0 Å². The summed E-state index contributed by atoms with van der Waals surface area (Å²) in [7, 11) is 0. The number of aromatic nitrogens is 2. The normalized spacial score (nSPS) is 12.5. The lowest BCUT2D eigenvalue weighted by Crippen LogP contribution is -2.61. The van der Waals surface area contributed by atoms with Crippen molar-refractivity contribution in [3.63, 3.8) is 0 Å². The van der Waals surface area contributed by atoms with Crippen LogP contribution in [0.3, 0.4) is 0 Å². The Bertz CT molecular complexity index is 8320. The highest BCUT2D eigenvalue weighted by molar-refractivity contribution is 7.01. The van der Waals surface area contributed by atoms with Gasteiger partial charge in [0.1, 0.15) is 0 Å². The maximum Gasteiger partial charge on any atom is 0.252 e. The third kappa shape index (κ3) is 13.5. The summed E-state index contributed by atoms with van der Waals surface area (Å²) in [4.78, 5) is 10.1. The highest BCUT2D eigenvalue weighted by Gasteiger charge is 2.47. The number of rotatable bonds is 14. The smallest absolute Gasteiger partial charge is 0.252 e. The molecule has 4 aliphatic rings. The Hall–Kier alpha value is -18.2. The van der Waals surface area contributed by atoms with Crippen LogP contribution in [0.4, 0.5) is 68.2 Å². The molecule has 0 atom stereocenters. The van der Waals surface area contributed by atoms with Crippen molar-refractivity contribution in [2.24, 2.45) is 0 Å². The Kier molecular flexibility index (Phi) is 19.7. The van der Waals surface area contributed by atoms with E-state index in [1.165, 1.54) is 177 Å². The summed E-state index contributed by atoms with van der Waals surface area (Å²) in [6.07, 6.45) is 0. The summed E-state index contributed by atoms with van der Waals surface area (Å²) >= 11 is 0. The van der Waals surface area contributed by atoms with E-state index in [-0.39, 0.29) is 13.4 Å². The SMILES string of the molecule is c1ccc(-c2ccc3c(c2)B2c4cc(-c5ccccc5)ccc4N(c4ccccc4)c4cc(-c5c(-c6ccccc6)cccc5-c5ccccc5)cc(c42)N3c2ccccc2)cc1.c1ccc(-c2cccc(-c3ccccc3)c2-c2cc3c4c(c2)N(c2ccccc2)c2cc(-n5c6ccccc6c6ccccc65)ccc2B4c2ccc(-n4c5ccccc5c5ccccc54)cc2N3c2ccccc2)cc1. The van der Waals surface area contributed by atoms with Crippen LogP contribution >= 0.6 is 0 Å². The van der Waals surface area contributed by atoms with Gasteiger partial charge in [-0.25, -0.2) is 0 Å². The first kappa shape index (κ1) is 81.3. The molecule has 0 amide bonds. The predicted molar refractivity (Wildman–Crippen MR) is 593 cm³/mol. The van der Waals surface area contributed by atoms with E-state index in [1.54, 1.807) is 0 Å². The molecule has 24 aromatic rings. The van der Waals surface area contributed by atoms with E-state index in [1.807, 2.05) is 0 Å². The van der Waals surface area contributed by atoms with E-state index >= 15 is 0 Å². The fourth-order valence-electron chi connectivity index (χ4n) is 23.1. The van der Waals surface area contributed by atoms with Crippen molar-refractivity contribution in [2.75, 3.05) is 19.6 Å². The Labute approximate surface area is 815 Å². The number of anilines is 12. The Morgan fingerprint density at radius 3 is 0.664 bits per heavy atom. The predicted octanol–water partition coefficient (Wildman–Crippen LogP) is 31.1. The molecular formula is C132H88B2N6. The van der Waals surface area contributed by atoms with Crippen molar-refractivity contribution in [3.05, 3.63) is 534 Å². The molecule has 0 saturated heterocycles. The first-order chi connectivity index (χ1) is 69.5. The van der Waals surface area contributed by atoms with Gasteiger partial charge >= 0.3 is 0 Å². The van der Waals surface area contributed by atoms with Gasteiger partial charge in [-0.15, -0.1) is 0 Å². The van der Waals surface area contributed by atoms with Crippen LogP contribution < -0.4 is 52.4 Å². The van der Waals surface area contributed by atoms with Crippen LogP contribution in [0.15, 0.2) is 534 Å². The van der Waals surface area contributed by atoms with E-state index < -0.39 is 0 Å². The summed E-state index contributed by atoms with van der Waals surface area (Å²) in [6, 6.07) is 197. The van der Waals surface area contributed by atoms with Crippen LogP contribution in [-0.2, 0) is 0 Å². The van der Waals surface area contributed by atoms with E-state index in [9.17, 15) is 0 Å². The lowest BCUT2D eigenvalue weighted by Gasteiger charge is -2.44. The first-order valence-corrected chi connectivity index (χ1v) is 48.4. The lowest BCUT2D eigenvalue weighted by atomic mass is 9.33. The summed E-state index contributed by atoms with van der Waals surface area (Å²) < 4.78 is 4.91. The average Bonchev–Trinajstić information content (AvgIpc) is 0.888. The molecule has 140 heavy (non-hydrogen) atoms. The van der Waals surface area contributed by atoms with E-state index in [0.717, 1.165) is 68.0 Å². The summed E-state index contributed by atoms with van der Waals surface area (Å²) in [5.74, 6) is 0. The Morgan fingerprint density at radius 1 is 0.136 bits per heavy atom. The van der Waals surface area contributed by atoms with E-state index in [4.69, 9.17) is 0 Å². The molecule has 2 aromatic heterocycles. The van der Waals surface area contributed by atoms with E-state index in [2.05, 4.69) is 563 Å². The first-order valence-electron chi connectivity index (χ1n) is 48.4. The molecule has 6 nitrogen and oxygen atoms in total. The maximum absolute atomic E-state index is 2.56. The number of para-hydroxylation sites is 8. The van der Waals surface area contributed by atoms with Crippen molar-refractivity contribution in [2.45, 2.75) is 0 Å². The summed E-state index contributed by atoms with van der Waals surface area (Å²) in [6.45, 7) is -0.171. The third-order valence-electron chi connectivity index (χ3n) is 29.1. The standard InChI is InChI=1S/C72H47BN4.C60H41BN2/c1-5-22-48(23-6-1)55-34-21-35-56(49-24-7-2-8-25-49)71(55)50-44-69-72-70(45-50)75(52-28-11-4-12-29-52)68-47-54(77-65-38-19-15-32-59(65)60-33-16-20-39-66(60)77)41-43-62(68)73(72)61-42-40-53(46-67(61)74(69)51-26-9-3-10-27-51)76-63-36-17-13-30-57(63)58-31-14-18-37-64(58)76;1-7-20-42(21-8-1)46-34-36-55-53(38-46)61-54-39-47(43-22-9-2-10-23-43)35-37-56(54)63(50-30-17-6-18-31-50)58-41-48(40-57(60(58)61)62(55)49-28-15-5-16-29-49)59-51(44-24-11-3-12-25-44)32-19-33-52(59)45-26-13-4-14-27-45/h1-47H;1-41H. The molecular weight excluding hydrogens is 1690 g/mol. The van der Waals surface area contributed by atoms with Crippen LogP contribution in [0.5, 0.6) is 0 Å².